The third-order valence-corrected chi connectivity index (χ3v) is 22.7. The zero-order valence-corrected chi connectivity index (χ0v) is 58.5. The van der Waals surface area contributed by atoms with E-state index in [0.717, 1.165) is 78.9 Å². The fraction of sp³-hybridized carbons (Fsp3) is 0.577. The van der Waals surface area contributed by atoms with Crippen LogP contribution in [-0.4, -0.2) is 114 Å². The maximum absolute atomic E-state index is 15.1. The number of benzene rings is 5. The number of nitrogens with zero attached hydrogens (tertiary/aromatic N) is 2. The highest BCUT2D eigenvalue weighted by Crippen LogP contribution is 2.60. The lowest BCUT2D eigenvalue weighted by atomic mass is 9.50. The minimum absolute atomic E-state index is 0.132. The van der Waals surface area contributed by atoms with Crippen molar-refractivity contribution in [1.82, 2.24) is 10.1 Å². The van der Waals surface area contributed by atoms with Gasteiger partial charge in [0, 0.05) is 46.1 Å². The minimum atomic E-state index is -5.83. The number of imide groups is 2. The number of hydrogen-bond donors (Lipinski definition) is 0. The van der Waals surface area contributed by atoms with Gasteiger partial charge in [0.15, 0.2) is 28.2 Å². The molecule has 0 atom stereocenters. The van der Waals surface area contributed by atoms with Crippen LogP contribution in [0.15, 0.2) is 75.4 Å². The number of hydrogen-bond acceptors (Lipinski definition) is 17. The molecule has 4 bridgehead atoms. The summed E-state index contributed by atoms with van der Waals surface area (Å²) in [5.74, 6) is -11.0. The number of carbonyl (C=O) groups is 4. The van der Waals surface area contributed by atoms with Crippen molar-refractivity contribution >= 4 is 88.9 Å². The number of thioether (sulfide) groups is 2. The molecule has 6 aliphatic rings. The van der Waals surface area contributed by atoms with E-state index in [9.17, 15) is 44.8 Å². The van der Waals surface area contributed by atoms with E-state index in [1.54, 1.807) is 42.1 Å². The van der Waals surface area contributed by atoms with Gasteiger partial charge in [-0.25, -0.2) is 8.78 Å². The number of hydroxylamine groups is 4. The zero-order valence-electron chi connectivity index (χ0n) is 55.2. The molecule has 4 amide bonds. The molecule has 25 heteroatoms. The van der Waals surface area contributed by atoms with Crippen molar-refractivity contribution in [2.24, 2.45) is 23.2 Å². The molecule has 0 unspecified atom stereocenters. The Morgan fingerprint density at radius 2 is 0.927 bits per heavy atom. The average Bonchev–Trinajstić information content (AvgIpc) is 0.749. The van der Waals surface area contributed by atoms with E-state index in [4.69, 9.17) is 28.0 Å². The van der Waals surface area contributed by atoms with Gasteiger partial charge in [0.25, 0.3) is 23.6 Å². The molecule has 526 valence electrons. The molecule has 4 aliphatic carbocycles. The van der Waals surface area contributed by atoms with Gasteiger partial charge in [-0.1, -0.05) is 128 Å². The summed E-state index contributed by atoms with van der Waals surface area (Å²) in [6, 6.07) is 16.2. The summed E-state index contributed by atoms with van der Waals surface area (Å²) in [6.07, 6.45) is 26.7. The van der Waals surface area contributed by atoms with Gasteiger partial charge in [0.1, 0.15) is 6.79 Å². The number of amides is 4. The molecule has 4 fully saturated rings. The highest BCUT2D eigenvalue weighted by molar-refractivity contribution is 7.99. The second-order valence-corrected chi connectivity index (χ2v) is 31.0. The van der Waals surface area contributed by atoms with Crippen molar-refractivity contribution in [2.75, 3.05) is 63.9 Å². The van der Waals surface area contributed by atoms with Crippen LogP contribution in [0.1, 0.15) is 216 Å². The van der Waals surface area contributed by atoms with Crippen molar-refractivity contribution in [1.29, 1.82) is 0 Å². The summed E-state index contributed by atoms with van der Waals surface area (Å²) >= 11 is 3.10. The highest BCUT2D eigenvalue weighted by Gasteiger charge is 2.51. The van der Waals surface area contributed by atoms with E-state index in [2.05, 4.69) is 18.1 Å². The molecule has 0 aromatic heterocycles. The standard InChI is InChI=1S/C36H49NO7S2.C35H41F4NO8S2/c1-2-3-4-5-6-9-17-45-32-14-13-31-33-29(32)11-10-12-30(33)34(38)37(35(31)39)44-46(40,41)25-43-16-8-7-15-42-24-36-21-26-18-27(22-36)20-28(19-26)23-36;1-3-5-6-7-8-9-10-11-12-13-19-47-32-28(36)30(38)33(31(39)29(32)37)50(43,44)48-40-34(41)24-16-14-15-23-26(49-21-20-46-22-45-4-2)18-17-25(27(23)24)35(40)42/h10-14,26-28H,2-9,15-25H2,1H3;14-18H,3-13,19-22H2,1-2H3. The van der Waals surface area contributed by atoms with Crippen molar-refractivity contribution in [3.8, 4) is 5.75 Å². The lowest BCUT2D eigenvalue weighted by Crippen LogP contribution is -2.48. The smallest absolute Gasteiger partial charge is 0.324 e. The third-order valence-electron chi connectivity index (χ3n) is 18.4. The number of rotatable bonds is 41. The first-order chi connectivity index (χ1) is 46.3. The second kappa shape index (κ2) is 35.7. The molecule has 0 saturated heterocycles. The maximum atomic E-state index is 15.1. The van der Waals surface area contributed by atoms with Gasteiger partial charge in [-0.15, -0.1) is 42.2 Å². The second-order valence-electron chi connectivity index (χ2n) is 25.8. The molecular formula is C71H90F4N2O15S4. The maximum Gasteiger partial charge on any atom is 0.324 e. The number of carbonyl (C=O) groups excluding carboxylic acids is 4. The normalized spacial score (nSPS) is 18.9. The van der Waals surface area contributed by atoms with Crippen LogP contribution in [0.4, 0.5) is 17.6 Å². The Labute approximate surface area is 570 Å². The molecule has 4 saturated carbocycles. The van der Waals surface area contributed by atoms with E-state index in [1.807, 2.05) is 19.1 Å². The van der Waals surface area contributed by atoms with E-state index < -0.39 is 83.7 Å². The monoisotopic (exact) mass is 1410 g/mol. The lowest BCUT2D eigenvalue weighted by molar-refractivity contribution is -0.0968. The van der Waals surface area contributed by atoms with Gasteiger partial charge in [-0.2, -0.15) is 25.6 Å². The van der Waals surface area contributed by atoms with Gasteiger partial charge >= 0.3 is 20.2 Å². The summed E-state index contributed by atoms with van der Waals surface area (Å²) in [6.45, 7) is 8.61. The molecule has 2 heterocycles. The first-order valence-corrected chi connectivity index (χ1v) is 39.1. The molecule has 11 rings (SSSR count). The van der Waals surface area contributed by atoms with Gasteiger partial charge in [0.05, 0.1) is 42.1 Å². The Bertz CT molecular complexity index is 3660. The topological polar surface area (TPSA) is 208 Å². The van der Waals surface area contributed by atoms with Crippen molar-refractivity contribution in [3.63, 3.8) is 0 Å². The first-order valence-electron chi connectivity index (χ1n) is 34.1. The number of ether oxygens (including phenoxy) is 5. The Balaban J connectivity index is 0.000000226. The van der Waals surface area contributed by atoms with Crippen molar-refractivity contribution in [3.05, 3.63) is 106 Å². The number of halogens is 4. The fourth-order valence-electron chi connectivity index (χ4n) is 14.3. The summed E-state index contributed by atoms with van der Waals surface area (Å²) in [5, 5.41) is 2.24. The van der Waals surface area contributed by atoms with Crippen LogP contribution in [-0.2, 0) is 47.8 Å². The van der Waals surface area contributed by atoms with E-state index >= 15 is 8.78 Å². The Morgan fingerprint density at radius 3 is 1.44 bits per heavy atom. The Hall–Kier alpha value is -5.22. The summed E-state index contributed by atoms with van der Waals surface area (Å²) in [7, 11) is -10.2. The van der Waals surface area contributed by atoms with Gasteiger partial charge < -0.3 is 23.7 Å². The molecular weight excluding hydrogens is 1330 g/mol. The SMILES string of the molecule is CCCCCCCCCCCCOc1c(F)c(F)c(S(=O)(=O)ON2C(=O)c3cccc4c(SCCOCOCC)ccc(c34)C2=O)c(F)c1F.CCCCCCCCSc1ccc2c3c(cccc13)C(=O)N(OS(=O)(=O)COCCCCOCC13CC4CC(CC(C4)C1)C3)C2=O. The quantitative estimate of drug-likeness (QED) is 0.00890. The largest absolute Gasteiger partial charge is 0.487 e. The predicted molar refractivity (Wildman–Crippen MR) is 360 cm³/mol. The molecule has 17 nitrogen and oxygen atoms in total. The molecule has 0 N–H and O–H groups in total. The van der Waals surface area contributed by atoms with E-state index in [0.29, 0.717) is 71.0 Å². The third kappa shape index (κ3) is 18.8. The fourth-order valence-corrected chi connectivity index (χ4v) is 18.0. The van der Waals surface area contributed by atoms with Crippen molar-refractivity contribution in [2.45, 2.75) is 190 Å². The van der Waals surface area contributed by atoms with E-state index in [-0.39, 0.29) is 52.7 Å². The highest BCUT2D eigenvalue weighted by atomic mass is 32.2. The van der Waals surface area contributed by atoms with Crippen LogP contribution in [0.2, 0.25) is 0 Å². The van der Waals surface area contributed by atoms with Gasteiger partial charge in [-0.05, 0) is 147 Å². The Kier molecular flexibility index (Phi) is 27.9. The zero-order chi connectivity index (χ0) is 68.4. The van der Waals surface area contributed by atoms with Crippen molar-refractivity contribution < 1.29 is 85.8 Å². The molecule has 2 aliphatic heterocycles. The molecule has 96 heavy (non-hydrogen) atoms. The van der Waals surface area contributed by atoms with Crippen LogP contribution < -0.4 is 4.74 Å². The van der Waals surface area contributed by atoms with Crippen LogP contribution >= 0.6 is 23.5 Å². The van der Waals surface area contributed by atoms with Crippen LogP contribution in [0.25, 0.3) is 21.5 Å². The predicted octanol–water partition coefficient (Wildman–Crippen LogP) is 16.9. The van der Waals surface area contributed by atoms with Gasteiger partial charge in [0.2, 0.25) is 11.6 Å². The van der Waals surface area contributed by atoms with Crippen LogP contribution in [0.3, 0.4) is 0 Å². The molecule has 5 aromatic carbocycles. The number of unbranched alkanes of at least 4 members (excludes halogenated alkanes) is 15. The van der Waals surface area contributed by atoms with Crippen LogP contribution in [0.5, 0.6) is 5.75 Å². The van der Waals surface area contributed by atoms with E-state index in [1.165, 1.54) is 126 Å². The molecule has 0 radical (unpaired) electrons. The Morgan fingerprint density at radius 1 is 0.479 bits per heavy atom. The molecule has 0 spiro atoms. The van der Waals surface area contributed by atoms with Gasteiger partial charge in [-0.3, -0.25) is 19.2 Å². The summed E-state index contributed by atoms with van der Waals surface area (Å²) < 4.78 is 148. The first kappa shape index (κ1) is 75.0. The summed E-state index contributed by atoms with van der Waals surface area (Å²) in [4.78, 5) is 52.9. The van der Waals surface area contributed by atoms with Crippen LogP contribution in [0, 0.1) is 46.4 Å². The lowest BCUT2D eigenvalue weighted by Gasteiger charge is -2.56. The summed E-state index contributed by atoms with van der Waals surface area (Å²) in [5.41, 5.74) is 0.603. The average molecular weight is 1420 g/mol. The molecule has 5 aromatic rings. The minimum Gasteiger partial charge on any atom is -0.487 e.